The second-order valence-corrected chi connectivity index (χ2v) is 6.45. The lowest BCUT2D eigenvalue weighted by Crippen LogP contribution is -2.80. The predicted molar refractivity (Wildman–Crippen MR) is 103 cm³/mol. The van der Waals surface area contributed by atoms with E-state index in [9.17, 15) is 4.39 Å². The molecular weight excluding hydrogens is 341 g/mol. The molecule has 2 N–H and O–H groups in total. The summed E-state index contributed by atoms with van der Waals surface area (Å²) in [4.78, 5) is 0. The number of nitrogens with two attached hydrogens (primary N) is 1. The van der Waals surface area contributed by atoms with Crippen molar-refractivity contribution in [2.45, 2.75) is 19.7 Å². The van der Waals surface area contributed by atoms with Crippen molar-refractivity contribution >= 4 is 10.8 Å². The highest BCUT2D eigenvalue weighted by Crippen LogP contribution is 2.28. The van der Waals surface area contributed by atoms with E-state index < -0.39 is 0 Å². The number of halogens is 1. The van der Waals surface area contributed by atoms with E-state index in [1.807, 2.05) is 30.3 Å². The first-order chi connectivity index (χ1) is 13.3. The summed E-state index contributed by atoms with van der Waals surface area (Å²) in [6.45, 7) is 1.96. The van der Waals surface area contributed by atoms with Gasteiger partial charge in [0, 0.05) is 0 Å². The van der Waals surface area contributed by atoms with Crippen LogP contribution >= 0.6 is 0 Å². The van der Waals surface area contributed by atoms with Gasteiger partial charge in [-0.1, -0.05) is 42.5 Å². The lowest BCUT2D eigenvalue weighted by atomic mass is 10.0. The molecule has 136 valence electrons. The molecule has 27 heavy (non-hydrogen) atoms. The maximum absolute atomic E-state index is 13.1. The number of ether oxygens (including phenoxy) is 1. The van der Waals surface area contributed by atoms with E-state index in [1.54, 1.807) is 18.4 Å². The summed E-state index contributed by atoms with van der Waals surface area (Å²) >= 11 is 0. The molecule has 1 aromatic heterocycles. The van der Waals surface area contributed by atoms with Crippen LogP contribution in [0.15, 0.2) is 83.5 Å². The maximum Gasteiger partial charge on any atom is 0.157 e. The summed E-state index contributed by atoms with van der Waals surface area (Å²) in [5.74, 6) is 1.57. The van der Waals surface area contributed by atoms with Gasteiger partial charge in [-0.3, -0.25) is 0 Å². The molecular formula is C23H21FNO2+. The Kier molecular flexibility index (Phi) is 5.17. The maximum atomic E-state index is 13.1. The first-order valence-electron chi connectivity index (χ1n) is 9.01. The molecule has 0 spiro atoms. The molecule has 3 nitrogen and oxygen atoms in total. The van der Waals surface area contributed by atoms with E-state index in [0.717, 1.165) is 35.7 Å². The Morgan fingerprint density at radius 3 is 2.52 bits per heavy atom. The highest BCUT2D eigenvalue weighted by Gasteiger charge is 2.11. The molecule has 0 amide bonds. The van der Waals surface area contributed by atoms with Crippen LogP contribution in [0.4, 0.5) is 4.39 Å². The number of hydrogen-bond donors (Lipinski definition) is 1. The molecule has 4 rings (SSSR count). The zero-order valence-corrected chi connectivity index (χ0v) is 14.9. The summed E-state index contributed by atoms with van der Waals surface area (Å²) in [6.07, 6.45) is 1.69. The van der Waals surface area contributed by atoms with Gasteiger partial charge in [-0.2, -0.15) is 0 Å². The zero-order valence-electron chi connectivity index (χ0n) is 14.9. The van der Waals surface area contributed by atoms with E-state index in [1.165, 1.54) is 22.9 Å². The van der Waals surface area contributed by atoms with Crippen molar-refractivity contribution in [3.63, 3.8) is 0 Å². The van der Waals surface area contributed by atoms with Crippen molar-refractivity contribution in [2.75, 3.05) is 0 Å². The van der Waals surface area contributed by atoms with Crippen LogP contribution in [0.1, 0.15) is 16.9 Å². The highest BCUT2D eigenvalue weighted by atomic mass is 19.1. The Bertz CT molecular complexity index is 1010. The third-order valence-electron chi connectivity index (χ3n) is 4.58. The summed E-state index contributed by atoms with van der Waals surface area (Å²) in [7, 11) is 0. The van der Waals surface area contributed by atoms with Crippen LogP contribution in [0.5, 0.6) is 5.75 Å². The number of hydrogen-bond acceptors (Lipinski definition) is 2. The van der Waals surface area contributed by atoms with Gasteiger partial charge in [0.1, 0.15) is 31.3 Å². The fourth-order valence-corrected chi connectivity index (χ4v) is 3.19. The van der Waals surface area contributed by atoms with E-state index in [4.69, 9.17) is 9.15 Å². The minimum atomic E-state index is -0.238. The molecule has 0 unspecified atom stereocenters. The lowest BCUT2D eigenvalue weighted by Gasteiger charge is -2.14. The van der Waals surface area contributed by atoms with Crippen LogP contribution in [0.25, 0.3) is 10.8 Å². The third-order valence-corrected chi connectivity index (χ3v) is 4.58. The van der Waals surface area contributed by atoms with Crippen molar-refractivity contribution in [3.05, 3.63) is 102 Å². The number of quaternary nitrogens is 1. The Hall–Kier alpha value is -3.11. The average Bonchev–Trinajstić information content (AvgIpc) is 3.22. The average molecular weight is 362 g/mol. The zero-order chi connectivity index (χ0) is 18.5. The summed E-state index contributed by atoms with van der Waals surface area (Å²) in [5.41, 5.74) is 2.09. The molecule has 4 heteroatoms. The Balaban J connectivity index is 1.55. The Labute approximate surface area is 157 Å². The first kappa shape index (κ1) is 17.3. The molecule has 0 aliphatic carbocycles. The molecule has 3 aromatic carbocycles. The molecule has 0 aliphatic heterocycles. The van der Waals surface area contributed by atoms with Gasteiger partial charge in [0.2, 0.25) is 0 Å². The molecule has 0 aliphatic rings. The fraction of sp³-hybridized carbons (Fsp3) is 0.130. The minimum absolute atomic E-state index is 0.238. The Morgan fingerprint density at radius 1 is 0.852 bits per heavy atom. The van der Waals surface area contributed by atoms with E-state index in [-0.39, 0.29) is 5.82 Å². The second-order valence-electron chi connectivity index (χ2n) is 6.45. The topological polar surface area (TPSA) is 39.0 Å². The van der Waals surface area contributed by atoms with Crippen molar-refractivity contribution in [2.24, 2.45) is 0 Å². The molecule has 0 radical (unpaired) electrons. The van der Waals surface area contributed by atoms with Crippen LogP contribution in [-0.4, -0.2) is 0 Å². The molecule has 1 heterocycles. The molecule has 0 saturated heterocycles. The van der Waals surface area contributed by atoms with E-state index in [0.29, 0.717) is 6.61 Å². The smallest absolute Gasteiger partial charge is 0.157 e. The first-order valence-corrected chi connectivity index (χ1v) is 9.01. The van der Waals surface area contributed by atoms with Crippen molar-refractivity contribution < 1.29 is 18.9 Å². The van der Waals surface area contributed by atoms with Gasteiger partial charge < -0.3 is 14.5 Å². The van der Waals surface area contributed by atoms with Crippen LogP contribution in [0, 0.1) is 5.82 Å². The number of rotatable bonds is 7. The molecule has 4 aromatic rings. The van der Waals surface area contributed by atoms with Gasteiger partial charge in [0.05, 0.1) is 11.8 Å². The summed E-state index contributed by atoms with van der Waals surface area (Å²) in [6, 6.07) is 22.7. The van der Waals surface area contributed by atoms with Crippen molar-refractivity contribution in [1.82, 2.24) is 0 Å². The van der Waals surface area contributed by atoms with Gasteiger partial charge >= 0.3 is 0 Å². The number of furan rings is 1. The number of benzene rings is 3. The molecule has 0 bridgehead atoms. The van der Waals surface area contributed by atoms with Crippen LogP contribution in [-0.2, 0) is 19.7 Å². The summed E-state index contributed by atoms with van der Waals surface area (Å²) in [5, 5.41) is 4.57. The van der Waals surface area contributed by atoms with E-state index in [2.05, 4.69) is 23.5 Å². The minimum Gasteiger partial charge on any atom is -0.488 e. The van der Waals surface area contributed by atoms with Crippen molar-refractivity contribution in [1.29, 1.82) is 0 Å². The SMILES string of the molecule is Fc1ccc(COc2ccc3ccccc3c2C[NH2+]Cc2ccco2)cc1. The standard InChI is InChI=1S/C23H20FNO2/c24-19-10-7-17(8-11-19)16-27-23-12-9-18-4-1-2-6-21(18)22(23)15-25-14-20-5-3-13-26-20/h1-13,25H,14-16H2/p+1. The lowest BCUT2D eigenvalue weighted by molar-refractivity contribution is -0.687. The van der Waals surface area contributed by atoms with Crippen LogP contribution < -0.4 is 10.1 Å². The number of fused-ring (bicyclic) bond motifs is 1. The normalized spacial score (nSPS) is 11.0. The van der Waals surface area contributed by atoms with Gasteiger partial charge in [0.15, 0.2) is 5.76 Å². The largest absolute Gasteiger partial charge is 0.488 e. The second kappa shape index (κ2) is 8.06. The molecule has 0 atom stereocenters. The monoisotopic (exact) mass is 362 g/mol. The van der Waals surface area contributed by atoms with Gasteiger partial charge in [-0.25, -0.2) is 4.39 Å². The van der Waals surface area contributed by atoms with Gasteiger partial charge in [-0.15, -0.1) is 0 Å². The van der Waals surface area contributed by atoms with Gasteiger partial charge in [-0.05, 0) is 46.7 Å². The predicted octanol–water partition coefficient (Wildman–Crippen LogP) is 4.41. The summed E-state index contributed by atoms with van der Waals surface area (Å²) < 4.78 is 24.6. The van der Waals surface area contributed by atoms with Crippen molar-refractivity contribution in [3.8, 4) is 5.75 Å². The van der Waals surface area contributed by atoms with E-state index >= 15 is 0 Å². The fourth-order valence-electron chi connectivity index (χ4n) is 3.19. The van der Waals surface area contributed by atoms with Crippen LogP contribution in [0.2, 0.25) is 0 Å². The third kappa shape index (κ3) is 4.18. The quantitative estimate of drug-likeness (QED) is 0.529. The highest BCUT2D eigenvalue weighted by molar-refractivity contribution is 5.87. The Morgan fingerprint density at radius 2 is 1.70 bits per heavy atom. The molecule has 0 fully saturated rings. The van der Waals surface area contributed by atoms with Gasteiger partial charge in [0.25, 0.3) is 0 Å². The molecule has 0 saturated carbocycles. The van der Waals surface area contributed by atoms with Crippen LogP contribution in [0.3, 0.4) is 0 Å².